The highest BCUT2D eigenvalue weighted by Crippen LogP contribution is 2.28. The van der Waals surface area contributed by atoms with Crippen LogP contribution in [0.25, 0.3) is 5.65 Å². The average molecular weight is 386 g/mol. The Balaban J connectivity index is 1.69. The second-order valence-electron chi connectivity index (χ2n) is 6.23. The van der Waals surface area contributed by atoms with E-state index < -0.39 is 35.9 Å². The fourth-order valence-corrected chi connectivity index (χ4v) is 2.80. The summed E-state index contributed by atoms with van der Waals surface area (Å²) in [4.78, 5) is 24.8. The number of carbonyl (C=O) groups is 2. The minimum Gasteiger partial charge on any atom is -0.452 e. The maximum absolute atomic E-state index is 13.0. The molecule has 0 unspecified atom stereocenters. The van der Waals surface area contributed by atoms with E-state index in [0.29, 0.717) is 36.3 Å². The predicted molar refractivity (Wildman–Crippen MR) is 85.5 cm³/mol. The summed E-state index contributed by atoms with van der Waals surface area (Å²) in [5.41, 5.74) is 5.06. The van der Waals surface area contributed by atoms with Gasteiger partial charge >= 0.3 is 12.1 Å². The van der Waals surface area contributed by atoms with E-state index in [1.165, 1.54) is 13.0 Å². The molecule has 0 bridgehead atoms. The van der Waals surface area contributed by atoms with Crippen LogP contribution in [0.2, 0.25) is 0 Å². The summed E-state index contributed by atoms with van der Waals surface area (Å²) < 4.78 is 44.6. The summed E-state index contributed by atoms with van der Waals surface area (Å²) in [5.74, 6) is -2.52. The zero-order valence-corrected chi connectivity index (χ0v) is 14.3. The van der Waals surface area contributed by atoms with Gasteiger partial charge in [0.2, 0.25) is 0 Å². The molecule has 2 N–H and O–H groups in total. The first-order valence-corrected chi connectivity index (χ1v) is 8.21. The van der Waals surface area contributed by atoms with Gasteiger partial charge in [-0.05, 0) is 31.9 Å². The molecule has 2 aromatic heterocycles. The van der Waals surface area contributed by atoms with Crippen LogP contribution in [0, 0.1) is 5.92 Å². The van der Waals surface area contributed by atoms with Crippen LogP contribution in [0.1, 0.15) is 25.6 Å². The lowest BCUT2D eigenvalue weighted by Gasteiger charge is -2.31. The minimum absolute atomic E-state index is 0.00928. The van der Waals surface area contributed by atoms with Gasteiger partial charge in [-0.2, -0.15) is 17.7 Å². The van der Waals surface area contributed by atoms with E-state index >= 15 is 0 Å². The minimum atomic E-state index is -4.67. The first-order chi connectivity index (χ1) is 12.7. The van der Waals surface area contributed by atoms with E-state index in [1.807, 2.05) is 0 Å². The van der Waals surface area contributed by atoms with Gasteiger partial charge in [-0.25, -0.2) is 0 Å². The largest absolute Gasteiger partial charge is 0.453 e. The van der Waals surface area contributed by atoms with Crippen LogP contribution in [0.4, 0.5) is 19.0 Å². The van der Waals surface area contributed by atoms with Crippen LogP contribution in [-0.2, 0) is 20.5 Å². The molecular formula is C15H17F3N6O3. The van der Waals surface area contributed by atoms with Gasteiger partial charge in [0.1, 0.15) is 5.82 Å². The number of ether oxygens (including phenoxy) is 1. The molecule has 146 valence electrons. The maximum Gasteiger partial charge on any atom is 0.453 e. The third-order valence-electron chi connectivity index (χ3n) is 4.35. The lowest BCUT2D eigenvalue weighted by molar-refractivity contribution is -0.158. The van der Waals surface area contributed by atoms with Crippen LogP contribution in [0.15, 0.2) is 12.1 Å². The highest BCUT2D eigenvalue weighted by atomic mass is 19.4. The lowest BCUT2D eigenvalue weighted by atomic mass is 9.97. The van der Waals surface area contributed by atoms with Crippen molar-refractivity contribution in [3.63, 3.8) is 0 Å². The smallest absolute Gasteiger partial charge is 0.452 e. The van der Waals surface area contributed by atoms with Gasteiger partial charge in [0.15, 0.2) is 11.8 Å². The predicted octanol–water partition coefficient (Wildman–Crippen LogP) is 0.776. The molecule has 0 radical (unpaired) electrons. The normalized spacial score (nSPS) is 17.1. The van der Waals surface area contributed by atoms with E-state index in [9.17, 15) is 22.8 Å². The number of amides is 1. The van der Waals surface area contributed by atoms with Crippen molar-refractivity contribution < 1.29 is 27.5 Å². The van der Waals surface area contributed by atoms with Gasteiger partial charge in [0.05, 0.1) is 5.92 Å². The molecular weight excluding hydrogens is 369 g/mol. The van der Waals surface area contributed by atoms with Crippen molar-refractivity contribution in [3.8, 4) is 0 Å². The number of primary amides is 1. The molecule has 0 aliphatic carbocycles. The molecule has 1 fully saturated rings. The number of esters is 1. The first kappa shape index (κ1) is 18.9. The number of fused-ring (bicyclic) bond motifs is 1. The summed E-state index contributed by atoms with van der Waals surface area (Å²) in [5, 5.41) is 10.6. The number of rotatable bonds is 4. The molecule has 3 heterocycles. The molecule has 12 heteroatoms. The van der Waals surface area contributed by atoms with E-state index in [2.05, 4.69) is 15.3 Å². The highest BCUT2D eigenvalue weighted by molar-refractivity contribution is 5.82. The van der Waals surface area contributed by atoms with Crippen molar-refractivity contribution in [2.45, 2.75) is 32.0 Å². The molecule has 2 aromatic rings. The average Bonchev–Trinajstić information content (AvgIpc) is 3.05. The Bertz CT molecular complexity index is 860. The van der Waals surface area contributed by atoms with E-state index in [1.54, 1.807) is 11.0 Å². The summed E-state index contributed by atoms with van der Waals surface area (Å²) in [6.45, 7) is 2.19. The molecule has 1 saturated heterocycles. The molecule has 1 aliphatic heterocycles. The fourth-order valence-electron chi connectivity index (χ4n) is 2.80. The number of carbonyl (C=O) groups excluding carboxylic acids is 2. The Morgan fingerprint density at radius 3 is 2.52 bits per heavy atom. The van der Waals surface area contributed by atoms with E-state index in [0.717, 1.165) is 0 Å². The van der Waals surface area contributed by atoms with Crippen molar-refractivity contribution in [2.24, 2.45) is 11.7 Å². The molecule has 1 aliphatic rings. The standard InChI is InChI=1S/C15H17F3N6O3/c1-8(12(19)25)27-13(26)9-4-6-23(7-5-9)11-3-2-10-20-21-14(15(16,17)18)24(10)22-11/h2-3,8-9H,4-7H2,1H3,(H2,19,25)/t8-/m0/s1. The number of aromatic nitrogens is 4. The molecule has 0 spiro atoms. The molecule has 0 saturated carbocycles. The SMILES string of the molecule is C[C@H](OC(=O)C1CCN(c2ccc3nnc(C(F)(F)F)n3n2)CC1)C(N)=O. The third kappa shape index (κ3) is 3.93. The Kier molecular flexibility index (Phi) is 4.89. The van der Waals surface area contributed by atoms with Crippen LogP contribution in [0.5, 0.6) is 0 Å². The van der Waals surface area contributed by atoms with Crippen molar-refractivity contribution >= 4 is 23.3 Å². The molecule has 3 rings (SSSR count). The zero-order chi connectivity index (χ0) is 19.8. The topological polar surface area (TPSA) is 116 Å². The maximum atomic E-state index is 13.0. The zero-order valence-electron chi connectivity index (χ0n) is 14.3. The van der Waals surface area contributed by atoms with E-state index in [4.69, 9.17) is 10.5 Å². The van der Waals surface area contributed by atoms with Crippen molar-refractivity contribution in [1.29, 1.82) is 0 Å². The number of piperidine rings is 1. The van der Waals surface area contributed by atoms with Crippen LogP contribution in [-0.4, -0.2) is 50.9 Å². The molecule has 27 heavy (non-hydrogen) atoms. The van der Waals surface area contributed by atoms with Crippen LogP contribution >= 0.6 is 0 Å². The number of hydrogen-bond acceptors (Lipinski definition) is 7. The molecule has 1 atom stereocenters. The number of nitrogens with zero attached hydrogens (tertiary/aromatic N) is 5. The Morgan fingerprint density at radius 2 is 1.93 bits per heavy atom. The van der Waals surface area contributed by atoms with Gasteiger partial charge in [0, 0.05) is 13.1 Å². The lowest BCUT2D eigenvalue weighted by Crippen LogP contribution is -2.39. The number of nitrogens with two attached hydrogens (primary N) is 1. The van der Waals surface area contributed by atoms with Gasteiger partial charge in [-0.3, -0.25) is 9.59 Å². The molecule has 1 amide bonds. The van der Waals surface area contributed by atoms with Crippen molar-refractivity contribution in [2.75, 3.05) is 18.0 Å². The summed E-state index contributed by atoms with van der Waals surface area (Å²) in [6.07, 6.45) is -4.84. The summed E-state index contributed by atoms with van der Waals surface area (Å²) in [7, 11) is 0. The summed E-state index contributed by atoms with van der Waals surface area (Å²) >= 11 is 0. The van der Waals surface area contributed by atoms with Crippen LogP contribution in [0.3, 0.4) is 0 Å². The number of alkyl halides is 3. The Morgan fingerprint density at radius 1 is 1.26 bits per heavy atom. The number of hydrogen-bond donors (Lipinski definition) is 1. The fraction of sp³-hybridized carbons (Fsp3) is 0.533. The van der Waals surface area contributed by atoms with Crippen molar-refractivity contribution in [1.82, 2.24) is 19.8 Å². The van der Waals surface area contributed by atoms with Crippen molar-refractivity contribution in [3.05, 3.63) is 18.0 Å². The number of halogens is 3. The van der Waals surface area contributed by atoms with Gasteiger partial charge < -0.3 is 15.4 Å². The number of anilines is 1. The third-order valence-corrected chi connectivity index (χ3v) is 4.35. The van der Waals surface area contributed by atoms with E-state index in [-0.39, 0.29) is 5.65 Å². The van der Waals surface area contributed by atoms with Gasteiger partial charge in [-0.1, -0.05) is 0 Å². The highest BCUT2D eigenvalue weighted by Gasteiger charge is 2.38. The quantitative estimate of drug-likeness (QED) is 0.772. The second-order valence-corrected chi connectivity index (χ2v) is 6.23. The van der Waals surface area contributed by atoms with Gasteiger partial charge in [0.25, 0.3) is 11.7 Å². The van der Waals surface area contributed by atoms with Gasteiger partial charge in [-0.15, -0.1) is 15.3 Å². The Hall–Kier alpha value is -2.92. The molecule has 0 aromatic carbocycles. The monoisotopic (exact) mass is 386 g/mol. The second kappa shape index (κ2) is 7.00. The molecule has 9 nitrogen and oxygen atoms in total. The summed E-state index contributed by atoms with van der Waals surface area (Å²) in [6, 6.07) is 2.96. The van der Waals surface area contributed by atoms with Crippen LogP contribution < -0.4 is 10.6 Å². The first-order valence-electron chi connectivity index (χ1n) is 8.21. The Labute approximate surface area is 151 Å².